The van der Waals surface area contributed by atoms with Gasteiger partial charge in [-0.1, -0.05) is 47.5 Å². The van der Waals surface area contributed by atoms with Gasteiger partial charge in [-0.25, -0.2) is 9.48 Å². The van der Waals surface area contributed by atoms with Crippen LogP contribution in [0, 0.1) is 6.92 Å². The van der Waals surface area contributed by atoms with Crippen molar-refractivity contribution in [2.75, 3.05) is 7.11 Å². The van der Waals surface area contributed by atoms with Crippen LogP contribution in [0.5, 0.6) is 5.75 Å². The average molecular weight is 431 g/mol. The molecule has 29 heavy (non-hydrogen) atoms. The Morgan fingerprint density at radius 3 is 2.38 bits per heavy atom. The highest BCUT2D eigenvalue weighted by atomic mass is 35.5. The summed E-state index contributed by atoms with van der Waals surface area (Å²) < 4.78 is 12.1. The van der Waals surface area contributed by atoms with Gasteiger partial charge < -0.3 is 9.47 Å². The smallest absolute Gasteiger partial charge is 0.331 e. The van der Waals surface area contributed by atoms with Crippen LogP contribution >= 0.6 is 23.2 Å². The molecule has 0 saturated carbocycles. The molecule has 0 atom stereocenters. The number of ether oxygens (including phenoxy) is 2. The fourth-order valence-corrected chi connectivity index (χ4v) is 3.12. The molecule has 1 heterocycles. The van der Waals surface area contributed by atoms with E-state index in [9.17, 15) is 4.79 Å². The van der Waals surface area contributed by atoms with E-state index >= 15 is 0 Å². The topological polar surface area (TPSA) is 53.4 Å². The Hall–Kier alpha value is -2.76. The van der Waals surface area contributed by atoms with Gasteiger partial charge in [0.15, 0.2) is 0 Å². The number of rotatable bonds is 7. The van der Waals surface area contributed by atoms with E-state index in [0.29, 0.717) is 22.3 Å². The summed E-state index contributed by atoms with van der Waals surface area (Å²) in [6, 6.07) is 14.8. The third-order valence-electron chi connectivity index (χ3n) is 4.28. The van der Waals surface area contributed by atoms with Crippen LogP contribution in [-0.2, 0) is 22.7 Å². The van der Waals surface area contributed by atoms with Crippen molar-refractivity contribution < 1.29 is 14.3 Å². The van der Waals surface area contributed by atoms with Crippen molar-refractivity contribution >= 4 is 35.2 Å². The number of hydrogen-bond acceptors (Lipinski definition) is 4. The maximum absolute atomic E-state index is 12.0. The Morgan fingerprint density at radius 2 is 1.72 bits per heavy atom. The van der Waals surface area contributed by atoms with Crippen LogP contribution in [0.1, 0.15) is 22.4 Å². The third kappa shape index (κ3) is 5.62. The number of halogens is 2. The largest absolute Gasteiger partial charge is 0.497 e. The van der Waals surface area contributed by atoms with Crippen molar-refractivity contribution in [3.05, 3.63) is 87.2 Å². The fourth-order valence-electron chi connectivity index (χ4n) is 2.70. The SMILES string of the molecule is COc1ccc(COC(=O)/C=C/c2c(C)nn(Cc3ccc(Cl)cc3)c2Cl)cc1. The minimum atomic E-state index is -0.457. The molecule has 0 N–H and O–H groups in total. The molecule has 0 unspecified atom stereocenters. The summed E-state index contributed by atoms with van der Waals surface area (Å²) in [5, 5.41) is 5.58. The van der Waals surface area contributed by atoms with Crippen LogP contribution in [-0.4, -0.2) is 22.9 Å². The van der Waals surface area contributed by atoms with Gasteiger partial charge in [-0.3, -0.25) is 0 Å². The standard InChI is InChI=1S/C22H20Cl2N2O3/c1-15-20(22(24)26(25-15)13-16-3-7-18(23)8-4-16)11-12-21(27)29-14-17-5-9-19(28-2)10-6-17/h3-12H,13-14H2,1-2H3/b12-11+. The lowest BCUT2D eigenvalue weighted by Gasteiger charge is -2.04. The number of carbonyl (C=O) groups is 1. The highest BCUT2D eigenvalue weighted by Gasteiger charge is 2.12. The van der Waals surface area contributed by atoms with Gasteiger partial charge in [0.05, 0.1) is 19.3 Å². The molecule has 0 bridgehead atoms. The van der Waals surface area contributed by atoms with Gasteiger partial charge in [-0.15, -0.1) is 0 Å². The Bertz CT molecular complexity index is 1010. The quantitative estimate of drug-likeness (QED) is 0.376. The molecule has 0 amide bonds. The van der Waals surface area contributed by atoms with Crippen LogP contribution in [0.3, 0.4) is 0 Å². The zero-order valence-corrected chi connectivity index (χ0v) is 17.6. The van der Waals surface area contributed by atoms with Gasteiger partial charge in [0.25, 0.3) is 0 Å². The Morgan fingerprint density at radius 1 is 1.07 bits per heavy atom. The first-order valence-electron chi connectivity index (χ1n) is 8.91. The lowest BCUT2D eigenvalue weighted by molar-refractivity contribution is -0.138. The number of aryl methyl sites for hydroxylation is 1. The molecule has 0 saturated heterocycles. The van der Waals surface area contributed by atoms with Crippen LogP contribution < -0.4 is 4.74 Å². The van der Waals surface area contributed by atoms with Crippen molar-refractivity contribution in [2.24, 2.45) is 0 Å². The van der Waals surface area contributed by atoms with Gasteiger partial charge in [0, 0.05) is 16.7 Å². The van der Waals surface area contributed by atoms with Crippen molar-refractivity contribution in [2.45, 2.75) is 20.1 Å². The normalized spacial score (nSPS) is 11.0. The minimum Gasteiger partial charge on any atom is -0.497 e. The number of esters is 1. The predicted octanol–water partition coefficient (Wildman–Crippen LogP) is 5.31. The molecule has 3 rings (SSSR count). The first-order chi connectivity index (χ1) is 14.0. The summed E-state index contributed by atoms with van der Waals surface area (Å²) in [7, 11) is 1.60. The van der Waals surface area contributed by atoms with E-state index in [-0.39, 0.29) is 6.61 Å². The third-order valence-corrected chi connectivity index (χ3v) is 4.93. The summed E-state index contributed by atoms with van der Waals surface area (Å²) in [6.45, 7) is 2.52. The second-order valence-electron chi connectivity index (χ2n) is 6.36. The van der Waals surface area contributed by atoms with Crippen LogP contribution in [0.4, 0.5) is 0 Å². The first kappa shape index (κ1) is 21.0. The highest BCUT2D eigenvalue weighted by Crippen LogP contribution is 2.23. The molecule has 0 aliphatic rings. The summed E-state index contributed by atoms with van der Waals surface area (Å²) in [5.74, 6) is 0.294. The fraction of sp³-hybridized carbons (Fsp3) is 0.182. The van der Waals surface area contributed by atoms with Crippen LogP contribution in [0.15, 0.2) is 54.6 Å². The Labute approximate surface area is 179 Å². The monoisotopic (exact) mass is 430 g/mol. The van der Waals surface area contributed by atoms with Gasteiger partial charge in [-0.2, -0.15) is 5.10 Å². The van der Waals surface area contributed by atoms with Crippen molar-refractivity contribution in [3.63, 3.8) is 0 Å². The molecule has 2 aromatic carbocycles. The number of methoxy groups -OCH3 is 1. The van der Waals surface area contributed by atoms with E-state index in [1.54, 1.807) is 17.9 Å². The van der Waals surface area contributed by atoms with E-state index in [1.165, 1.54) is 6.08 Å². The predicted molar refractivity (Wildman–Crippen MR) is 114 cm³/mol. The molecule has 7 heteroatoms. The van der Waals surface area contributed by atoms with Crippen molar-refractivity contribution in [1.82, 2.24) is 9.78 Å². The number of nitrogens with zero attached hydrogens (tertiary/aromatic N) is 2. The summed E-state index contributed by atoms with van der Waals surface area (Å²) in [5.41, 5.74) is 3.30. The molecule has 3 aromatic rings. The van der Waals surface area contributed by atoms with Crippen LogP contribution in [0.2, 0.25) is 10.2 Å². The number of benzene rings is 2. The Balaban J connectivity index is 1.62. The van der Waals surface area contributed by atoms with Crippen molar-refractivity contribution in [1.29, 1.82) is 0 Å². The molecule has 5 nitrogen and oxygen atoms in total. The molecule has 0 aliphatic heterocycles. The lowest BCUT2D eigenvalue weighted by Crippen LogP contribution is -2.02. The highest BCUT2D eigenvalue weighted by molar-refractivity contribution is 6.31. The molecule has 0 spiro atoms. The van der Waals surface area contributed by atoms with Gasteiger partial charge in [0.2, 0.25) is 0 Å². The summed E-state index contributed by atoms with van der Waals surface area (Å²) in [4.78, 5) is 12.0. The molecule has 0 radical (unpaired) electrons. The van der Waals surface area contributed by atoms with Gasteiger partial charge >= 0.3 is 5.97 Å². The van der Waals surface area contributed by atoms with E-state index in [1.807, 2.05) is 55.5 Å². The molecule has 150 valence electrons. The second kappa shape index (κ2) is 9.63. The molecular formula is C22H20Cl2N2O3. The van der Waals surface area contributed by atoms with E-state index < -0.39 is 5.97 Å². The lowest BCUT2D eigenvalue weighted by atomic mass is 10.2. The second-order valence-corrected chi connectivity index (χ2v) is 7.16. The first-order valence-corrected chi connectivity index (χ1v) is 9.67. The minimum absolute atomic E-state index is 0.176. The maximum atomic E-state index is 12.0. The number of carbonyl (C=O) groups excluding carboxylic acids is 1. The molecule has 0 fully saturated rings. The van der Waals surface area contributed by atoms with E-state index in [0.717, 1.165) is 22.6 Å². The Kier molecular flexibility index (Phi) is 6.96. The molecular weight excluding hydrogens is 411 g/mol. The maximum Gasteiger partial charge on any atom is 0.331 e. The van der Waals surface area contributed by atoms with Gasteiger partial charge in [0.1, 0.15) is 17.5 Å². The molecule has 1 aromatic heterocycles. The zero-order chi connectivity index (χ0) is 20.8. The zero-order valence-electron chi connectivity index (χ0n) is 16.1. The number of hydrogen-bond donors (Lipinski definition) is 0. The summed E-state index contributed by atoms with van der Waals surface area (Å²) in [6.07, 6.45) is 2.98. The summed E-state index contributed by atoms with van der Waals surface area (Å²) >= 11 is 12.4. The van der Waals surface area contributed by atoms with E-state index in [2.05, 4.69) is 5.10 Å². The van der Waals surface area contributed by atoms with E-state index in [4.69, 9.17) is 32.7 Å². The van der Waals surface area contributed by atoms with Gasteiger partial charge in [-0.05, 0) is 48.4 Å². The number of aromatic nitrogens is 2. The molecule has 0 aliphatic carbocycles. The van der Waals surface area contributed by atoms with Crippen LogP contribution in [0.25, 0.3) is 6.08 Å². The average Bonchev–Trinajstić information content (AvgIpc) is 2.99. The van der Waals surface area contributed by atoms with Crippen molar-refractivity contribution in [3.8, 4) is 5.75 Å².